The molecule has 0 fully saturated rings. The Morgan fingerprint density at radius 2 is 1.71 bits per heavy atom. The molecule has 0 aromatic carbocycles. The minimum absolute atomic E-state index is 0.0156. The molecule has 0 bridgehead atoms. The summed E-state index contributed by atoms with van der Waals surface area (Å²) in [4.78, 5) is 6.92. The molecule has 0 saturated heterocycles. The van der Waals surface area contributed by atoms with Gasteiger partial charge in [0.2, 0.25) is 12.4 Å². The molecule has 0 N–H and O–H groups in total. The van der Waals surface area contributed by atoms with Crippen molar-refractivity contribution in [2.24, 2.45) is 9.98 Å². The molecule has 0 unspecified atom stereocenters. The lowest BCUT2D eigenvalue weighted by atomic mass is 9.98. The van der Waals surface area contributed by atoms with Crippen molar-refractivity contribution in [3.05, 3.63) is 23.3 Å². The Bertz CT molecular complexity index is 555. The van der Waals surface area contributed by atoms with E-state index in [9.17, 15) is 0 Å². The van der Waals surface area contributed by atoms with Crippen molar-refractivity contribution in [1.82, 2.24) is 0 Å². The lowest BCUT2D eigenvalue weighted by Crippen LogP contribution is -2.10. The Morgan fingerprint density at radius 3 is 2.21 bits per heavy atom. The van der Waals surface area contributed by atoms with Crippen LogP contribution >= 0.6 is 0 Å². The maximum Gasteiger partial charge on any atom is 0.206 e. The van der Waals surface area contributed by atoms with E-state index in [1.165, 1.54) is 6.92 Å². The van der Waals surface area contributed by atoms with Gasteiger partial charge in [-0.3, -0.25) is 0 Å². The Labute approximate surface area is 86.4 Å². The fourth-order valence-electron chi connectivity index (χ4n) is 0.915. The van der Waals surface area contributed by atoms with Crippen molar-refractivity contribution < 1.29 is 4.11 Å². The van der Waals surface area contributed by atoms with Crippen LogP contribution in [0.3, 0.4) is 0 Å². The summed E-state index contributed by atoms with van der Waals surface area (Å²) in [5.74, 6) is 0. The summed E-state index contributed by atoms with van der Waals surface area (Å²) < 4.78 is 22.9. The number of hydrogen-bond acceptors (Lipinski definition) is 4. The number of nitriles is 2. The van der Waals surface area contributed by atoms with Gasteiger partial charge in [0.05, 0.1) is 14.2 Å². The zero-order valence-corrected chi connectivity index (χ0v) is 7.50. The molecule has 4 nitrogen and oxygen atoms in total. The van der Waals surface area contributed by atoms with E-state index >= 15 is 0 Å². The van der Waals surface area contributed by atoms with Crippen LogP contribution in [-0.4, -0.2) is 11.4 Å². The topological polar surface area (TPSA) is 72.3 Å². The molecule has 1 aliphatic rings. The summed E-state index contributed by atoms with van der Waals surface area (Å²) in [6, 6.07) is -0.192. The molecule has 0 aromatic heterocycles. The van der Waals surface area contributed by atoms with Crippen LogP contribution in [0.5, 0.6) is 0 Å². The van der Waals surface area contributed by atoms with Crippen molar-refractivity contribution in [3.8, 4) is 12.4 Å². The molecular formula is C10H8N4. The number of rotatable bonds is 0. The molecule has 14 heavy (non-hydrogen) atoms. The zero-order valence-electron chi connectivity index (χ0n) is 10.5. The van der Waals surface area contributed by atoms with Gasteiger partial charge >= 0.3 is 0 Å². The quantitative estimate of drug-likeness (QED) is 0.428. The van der Waals surface area contributed by atoms with Gasteiger partial charge in [-0.15, -0.1) is 0 Å². The van der Waals surface area contributed by atoms with Crippen LogP contribution in [0, 0.1) is 22.9 Å². The fraction of sp³-hybridized carbons (Fsp3) is 0.200. The molecular weight excluding hydrogens is 176 g/mol. The molecule has 0 heterocycles. The van der Waals surface area contributed by atoms with E-state index in [-0.39, 0.29) is 36.0 Å². The van der Waals surface area contributed by atoms with Crippen molar-refractivity contribution in [3.63, 3.8) is 0 Å². The highest BCUT2D eigenvalue weighted by Crippen LogP contribution is 2.13. The van der Waals surface area contributed by atoms with Gasteiger partial charge in [0.25, 0.3) is 0 Å². The second-order valence-electron chi connectivity index (χ2n) is 2.47. The summed E-state index contributed by atoms with van der Waals surface area (Å²) in [5, 5.41) is 17.0. The normalized spacial score (nSPS) is 25.5. The van der Waals surface area contributed by atoms with E-state index in [1.54, 1.807) is 12.4 Å². The third-order valence-electron chi connectivity index (χ3n) is 1.54. The number of allylic oxidation sites excluding steroid dienone is 4. The summed E-state index contributed by atoms with van der Waals surface area (Å²) in [7, 11) is 0. The average Bonchev–Trinajstić information content (AvgIpc) is 2.32. The first-order valence-corrected chi connectivity index (χ1v) is 3.70. The van der Waals surface area contributed by atoms with E-state index < -0.39 is 0 Å². The predicted molar refractivity (Wildman–Crippen MR) is 53.6 cm³/mol. The molecule has 0 radical (unpaired) electrons. The van der Waals surface area contributed by atoms with E-state index in [4.69, 9.17) is 14.6 Å². The first kappa shape index (κ1) is 6.28. The van der Waals surface area contributed by atoms with Crippen LogP contribution in [0.25, 0.3) is 0 Å². The molecule has 0 aromatic rings. The van der Waals surface area contributed by atoms with Gasteiger partial charge in [-0.05, 0) is 37.1 Å². The molecule has 1 rings (SSSR count). The first-order chi connectivity index (χ1) is 8.08. The molecule has 0 atom stereocenters. The van der Waals surface area contributed by atoms with Crippen LogP contribution in [0.15, 0.2) is 33.2 Å². The van der Waals surface area contributed by atoms with Crippen molar-refractivity contribution >= 4 is 11.4 Å². The molecule has 4 heteroatoms. The largest absolute Gasteiger partial charge is 0.206 e. The summed E-state index contributed by atoms with van der Waals surface area (Å²) >= 11 is 0. The van der Waals surface area contributed by atoms with Gasteiger partial charge < -0.3 is 0 Å². The van der Waals surface area contributed by atoms with Crippen LogP contribution in [0.2, 0.25) is 0 Å². The molecule has 0 saturated carbocycles. The van der Waals surface area contributed by atoms with E-state index in [0.717, 1.165) is 0 Å². The smallest absolute Gasteiger partial charge is 0.173 e. The van der Waals surface area contributed by atoms with Gasteiger partial charge in [0.1, 0.15) is 0 Å². The minimum Gasteiger partial charge on any atom is -0.173 e. The van der Waals surface area contributed by atoms with Gasteiger partial charge in [0.15, 0.2) is 0 Å². The van der Waals surface area contributed by atoms with E-state index in [2.05, 4.69) is 9.98 Å². The highest BCUT2D eigenvalue weighted by atomic mass is 14.8. The second kappa shape index (κ2) is 4.15. The van der Waals surface area contributed by atoms with E-state index in [0.29, 0.717) is 5.57 Å². The minimum atomic E-state index is -0.292. The van der Waals surface area contributed by atoms with Gasteiger partial charge in [-0.1, -0.05) is 0 Å². The van der Waals surface area contributed by atoms with Crippen molar-refractivity contribution in [2.75, 3.05) is 0 Å². The summed E-state index contributed by atoms with van der Waals surface area (Å²) in [6.07, 6.45) is 3.11. The standard InChI is InChI=1S/C10H8N4/c1-7-3-10(14-6-12)8(2)4-9(7)13-5-11/h3-4H,1-2H3/i1D,3D,4D. The summed E-state index contributed by atoms with van der Waals surface area (Å²) in [5.41, 5.74) is 0.525. The van der Waals surface area contributed by atoms with Crippen LogP contribution in [0.1, 0.15) is 17.9 Å². The number of nitrogens with zero attached hydrogens (tertiary/aromatic N) is 4. The molecule has 1 aliphatic carbocycles. The third-order valence-corrected chi connectivity index (χ3v) is 1.54. The third kappa shape index (κ3) is 1.94. The zero-order chi connectivity index (χ0) is 13.0. The molecule has 0 spiro atoms. The Morgan fingerprint density at radius 1 is 1.21 bits per heavy atom. The monoisotopic (exact) mass is 187 g/mol. The van der Waals surface area contributed by atoms with Crippen molar-refractivity contribution in [1.29, 1.82) is 10.5 Å². The predicted octanol–water partition coefficient (Wildman–Crippen LogP) is 1.74. The lowest BCUT2D eigenvalue weighted by molar-refractivity contribution is 1.39. The Balaban J connectivity index is 3.56. The maximum absolute atomic E-state index is 8.52. The number of hydrogen-bond donors (Lipinski definition) is 0. The average molecular weight is 187 g/mol. The first-order valence-electron chi connectivity index (χ1n) is 5.40. The van der Waals surface area contributed by atoms with Gasteiger partial charge in [0, 0.05) is 1.37 Å². The van der Waals surface area contributed by atoms with E-state index in [1.807, 2.05) is 0 Å². The Kier molecular flexibility index (Phi) is 1.86. The maximum atomic E-state index is 8.52. The SMILES string of the molecule is [2H]CC1=C([2H])C(=NC#N)C(C)=C([2H])C1=NC#N. The Hall–Kier alpha value is -2.20. The van der Waals surface area contributed by atoms with Crippen LogP contribution < -0.4 is 0 Å². The van der Waals surface area contributed by atoms with Crippen molar-refractivity contribution in [2.45, 2.75) is 13.8 Å². The molecule has 0 amide bonds. The highest BCUT2D eigenvalue weighted by molar-refractivity contribution is 6.23. The molecule has 0 aliphatic heterocycles. The second-order valence-corrected chi connectivity index (χ2v) is 2.47. The number of aliphatic imine (C=N–C) groups is 2. The van der Waals surface area contributed by atoms with Gasteiger partial charge in [-0.2, -0.15) is 20.5 Å². The molecule has 68 valence electrons. The van der Waals surface area contributed by atoms with Crippen LogP contribution in [0.4, 0.5) is 0 Å². The van der Waals surface area contributed by atoms with Gasteiger partial charge in [-0.25, -0.2) is 0 Å². The highest BCUT2D eigenvalue weighted by Gasteiger charge is 2.10. The fourth-order valence-corrected chi connectivity index (χ4v) is 0.915. The van der Waals surface area contributed by atoms with Crippen LogP contribution in [-0.2, 0) is 0 Å². The lowest BCUT2D eigenvalue weighted by Gasteiger charge is -2.09. The summed E-state index contributed by atoms with van der Waals surface area (Å²) in [6.45, 7) is 1.24.